The number of nitrogens with one attached hydrogen (secondary N) is 2. The van der Waals surface area contributed by atoms with E-state index < -0.39 is 0 Å². The lowest BCUT2D eigenvalue weighted by Crippen LogP contribution is -2.27. The summed E-state index contributed by atoms with van der Waals surface area (Å²) in [7, 11) is 0. The number of aromatic nitrogens is 3. The highest BCUT2D eigenvalue weighted by Crippen LogP contribution is 2.31. The maximum Gasteiger partial charge on any atom is 0.263 e. The topological polar surface area (TPSA) is 79.9 Å². The fraction of sp³-hybridized carbons (Fsp3) is 0.421. The average Bonchev–Trinajstić information content (AvgIpc) is 3.26. The van der Waals surface area contributed by atoms with Gasteiger partial charge in [-0.15, -0.1) is 11.3 Å². The van der Waals surface area contributed by atoms with Crippen molar-refractivity contribution in [2.24, 2.45) is 0 Å². The number of amides is 1. The summed E-state index contributed by atoms with van der Waals surface area (Å²) in [4.78, 5) is 25.9. The molecule has 26 heavy (non-hydrogen) atoms. The van der Waals surface area contributed by atoms with E-state index in [1.54, 1.807) is 0 Å². The van der Waals surface area contributed by atoms with Gasteiger partial charge in [-0.3, -0.25) is 4.79 Å². The molecule has 2 atom stereocenters. The molecule has 0 radical (unpaired) electrons. The van der Waals surface area contributed by atoms with Crippen molar-refractivity contribution < 1.29 is 9.53 Å². The Morgan fingerprint density at radius 2 is 2.23 bits per heavy atom. The predicted octanol–water partition coefficient (Wildman–Crippen LogP) is 3.71. The zero-order valence-electron chi connectivity index (χ0n) is 14.9. The summed E-state index contributed by atoms with van der Waals surface area (Å²) in [6.45, 7) is 5.35. The van der Waals surface area contributed by atoms with Gasteiger partial charge in [0, 0.05) is 12.5 Å². The van der Waals surface area contributed by atoms with Gasteiger partial charge in [-0.05, 0) is 38.8 Å². The lowest BCUT2D eigenvalue weighted by Gasteiger charge is -2.19. The van der Waals surface area contributed by atoms with Crippen LogP contribution in [0, 0.1) is 6.92 Å². The summed E-state index contributed by atoms with van der Waals surface area (Å²) >= 11 is 1.48. The summed E-state index contributed by atoms with van der Waals surface area (Å²) in [6, 6.07) is 7.64. The zero-order chi connectivity index (χ0) is 18.1. The van der Waals surface area contributed by atoms with Gasteiger partial charge in [0.2, 0.25) is 0 Å². The molecule has 2 unspecified atom stereocenters. The summed E-state index contributed by atoms with van der Waals surface area (Å²) in [5, 5.41) is 4.04. The zero-order valence-corrected chi connectivity index (χ0v) is 15.7. The summed E-state index contributed by atoms with van der Waals surface area (Å²) in [6.07, 6.45) is 2.12. The normalized spacial score (nSPS) is 18.8. The second kappa shape index (κ2) is 7.17. The standard InChI is InChI=1S/C19H22N4O2S/c1-11-16(26-19(21-11)13-6-5-9-25-10-13)18(24)20-12(2)17-22-14-7-3-4-8-15(14)23-17/h3-4,7-8,12-13H,5-6,9-10H2,1-2H3,(H,20,24)(H,22,23). The Balaban J connectivity index is 1.49. The van der Waals surface area contributed by atoms with Crippen molar-refractivity contribution in [3.63, 3.8) is 0 Å². The number of aromatic amines is 1. The first kappa shape index (κ1) is 17.2. The minimum atomic E-state index is -0.210. The summed E-state index contributed by atoms with van der Waals surface area (Å²) in [5.74, 6) is 0.959. The molecule has 1 fully saturated rings. The molecule has 0 bridgehead atoms. The largest absolute Gasteiger partial charge is 0.381 e. The third kappa shape index (κ3) is 3.37. The van der Waals surface area contributed by atoms with Crippen molar-refractivity contribution in [3.8, 4) is 0 Å². The highest BCUT2D eigenvalue weighted by atomic mass is 32.1. The molecule has 3 aromatic rings. The van der Waals surface area contributed by atoms with Crippen LogP contribution in [0.25, 0.3) is 11.0 Å². The third-order valence-electron chi connectivity index (χ3n) is 4.69. The van der Waals surface area contributed by atoms with E-state index >= 15 is 0 Å². The summed E-state index contributed by atoms with van der Waals surface area (Å²) < 4.78 is 5.55. The Bertz CT molecular complexity index is 894. The number of H-pyrrole nitrogens is 1. The quantitative estimate of drug-likeness (QED) is 0.734. The first-order valence-electron chi connectivity index (χ1n) is 8.92. The SMILES string of the molecule is Cc1nc(C2CCCOC2)sc1C(=O)NC(C)c1nc2ccccc2[nH]1. The van der Waals surface area contributed by atoms with E-state index in [1.807, 2.05) is 38.1 Å². The summed E-state index contributed by atoms with van der Waals surface area (Å²) in [5.41, 5.74) is 2.65. The first-order chi connectivity index (χ1) is 12.6. The molecule has 2 N–H and O–H groups in total. The van der Waals surface area contributed by atoms with Crippen LogP contribution in [0.1, 0.15) is 57.9 Å². The van der Waals surface area contributed by atoms with Crippen molar-refractivity contribution in [2.75, 3.05) is 13.2 Å². The number of nitrogens with zero attached hydrogens (tertiary/aromatic N) is 2. The van der Waals surface area contributed by atoms with E-state index in [0.717, 1.165) is 47.0 Å². The number of hydrogen-bond donors (Lipinski definition) is 2. The second-order valence-corrected chi connectivity index (χ2v) is 7.75. The third-order valence-corrected chi connectivity index (χ3v) is 6.01. The Kier molecular flexibility index (Phi) is 4.74. The van der Waals surface area contributed by atoms with Gasteiger partial charge in [0.1, 0.15) is 10.7 Å². The number of benzene rings is 1. The smallest absolute Gasteiger partial charge is 0.263 e. The van der Waals surface area contributed by atoms with E-state index in [0.29, 0.717) is 17.4 Å². The van der Waals surface area contributed by atoms with E-state index in [-0.39, 0.29) is 11.9 Å². The lowest BCUT2D eigenvalue weighted by molar-refractivity contribution is 0.0803. The molecule has 0 aliphatic carbocycles. The monoisotopic (exact) mass is 370 g/mol. The van der Waals surface area contributed by atoms with Gasteiger partial charge in [0.15, 0.2) is 0 Å². The fourth-order valence-corrected chi connectivity index (χ4v) is 4.34. The highest BCUT2D eigenvalue weighted by Gasteiger charge is 2.24. The molecule has 4 rings (SSSR count). The number of ether oxygens (including phenoxy) is 1. The number of carbonyl (C=O) groups is 1. The molecule has 7 heteroatoms. The first-order valence-corrected chi connectivity index (χ1v) is 9.74. The van der Waals surface area contributed by atoms with Crippen LogP contribution in [0.3, 0.4) is 0 Å². The molecule has 0 spiro atoms. The van der Waals surface area contributed by atoms with E-state index in [9.17, 15) is 4.79 Å². The minimum Gasteiger partial charge on any atom is -0.381 e. The van der Waals surface area contributed by atoms with Gasteiger partial charge in [0.05, 0.1) is 34.4 Å². The Hall–Kier alpha value is -2.25. The van der Waals surface area contributed by atoms with Crippen LogP contribution in [0.15, 0.2) is 24.3 Å². The van der Waals surface area contributed by atoms with E-state index in [1.165, 1.54) is 11.3 Å². The molecule has 1 aromatic carbocycles. The Labute approximate surface area is 156 Å². The highest BCUT2D eigenvalue weighted by molar-refractivity contribution is 7.13. The van der Waals surface area contributed by atoms with Crippen LogP contribution < -0.4 is 5.32 Å². The van der Waals surface area contributed by atoms with Crippen LogP contribution in [0.4, 0.5) is 0 Å². The number of para-hydroxylation sites is 2. The maximum atomic E-state index is 12.7. The fourth-order valence-electron chi connectivity index (χ4n) is 3.25. The van der Waals surface area contributed by atoms with Gasteiger partial charge >= 0.3 is 0 Å². The van der Waals surface area contributed by atoms with Crippen molar-refractivity contribution in [1.82, 2.24) is 20.3 Å². The average molecular weight is 370 g/mol. The van der Waals surface area contributed by atoms with Crippen molar-refractivity contribution in [1.29, 1.82) is 0 Å². The van der Waals surface area contributed by atoms with Crippen molar-refractivity contribution in [3.05, 3.63) is 45.7 Å². The molecule has 1 aliphatic rings. The van der Waals surface area contributed by atoms with Gasteiger partial charge < -0.3 is 15.0 Å². The van der Waals surface area contributed by atoms with Crippen LogP contribution in [0.2, 0.25) is 0 Å². The van der Waals surface area contributed by atoms with Gasteiger partial charge in [-0.2, -0.15) is 0 Å². The maximum absolute atomic E-state index is 12.7. The lowest BCUT2D eigenvalue weighted by atomic mass is 10.0. The Morgan fingerprint density at radius 1 is 1.38 bits per heavy atom. The van der Waals surface area contributed by atoms with Crippen LogP contribution in [-0.2, 0) is 4.74 Å². The number of hydrogen-bond acceptors (Lipinski definition) is 5. The second-order valence-electron chi connectivity index (χ2n) is 6.72. The number of aryl methyl sites for hydroxylation is 1. The number of thiazole rings is 1. The van der Waals surface area contributed by atoms with E-state index in [4.69, 9.17) is 4.74 Å². The van der Waals surface area contributed by atoms with E-state index in [2.05, 4.69) is 20.3 Å². The van der Waals surface area contributed by atoms with Gasteiger partial charge in [0.25, 0.3) is 5.91 Å². The molecule has 2 aromatic heterocycles. The Morgan fingerprint density at radius 3 is 3.00 bits per heavy atom. The molecule has 6 nitrogen and oxygen atoms in total. The molecule has 3 heterocycles. The molecule has 1 amide bonds. The number of fused-ring (bicyclic) bond motifs is 1. The van der Waals surface area contributed by atoms with Crippen molar-refractivity contribution >= 4 is 28.3 Å². The van der Waals surface area contributed by atoms with Gasteiger partial charge in [-0.1, -0.05) is 12.1 Å². The van der Waals surface area contributed by atoms with Crippen LogP contribution >= 0.6 is 11.3 Å². The van der Waals surface area contributed by atoms with Gasteiger partial charge in [-0.25, -0.2) is 9.97 Å². The molecular formula is C19H22N4O2S. The van der Waals surface area contributed by atoms with Crippen LogP contribution in [0.5, 0.6) is 0 Å². The molecule has 0 saturated carbocycles. The molecule has 1 saturated heterocycles. The number of imidazole rings is 1. The number of carbonyl (C=O) groups excluding carboxylic acids is 1. The minimum absolute atomic E-state index is 0.101. The number of rotatable bonds is 4. The van der Waals surface area contributed by atoms with Crippen LogP contribution in [-0.4, -0.2) is 34.1 Å². The molecule has 1 aliphatic heterocycles. The predicted molar refractivity (Wildman–Crippen MR) is 102 cm³/mol. The molecule has 136 valence electrons. The molecular weight excluding hydrogens is 348 g/mol. The van der Waals surface area contributed by atoms with Crippen molar-refractivity contribution in [2.45, 2.75) is 38.6 Å².